The zero-order valence-electron chi connectivity index (χ0n) is 11.3. The minimum absolute atomic E-state index is 0.368. The van der Waals surface area contributed by atoms with Crippen molar-refractivity contribution < 1.29 is 0 Å². The van der Waals surface area contributed by atoms with Crippen LogP contribution in [0.2, 0.25) is 0 Å². The molecule has 1 aromatic carbocycles. The molecule has 2 heteroatoms. The molecule has 0 atom stereocenters. The molecule has 1 aromatic rings. The van der Waals surface area contributed by atoms with Crippen molar-refractivity contribution in [1.82, 2.24) is 10.2 Å². The van der Waals surface area contributed by atoms with E-state index in [-0.39, 0.29) is 0 Å². The number of hydrogen-bond acceptors (Lipinski definition) is 2. The van der Waals surface area contributed by atoms with Crippen LogP contribution in [0.25, 0.3) is 0 Å². The molecule has 2 rings (SSSR count). The highest BCUT2D eigenvalue weighted by atomic mass is 15.2. The molecule has 0 unspecified atom stereocenters. The van der Waals surface area contributed by atoms with Crippen LogP contribution in [0.5, 0.6) is 0 Å². The molecule has 1 N–H and O–H groups in total. The van der Waals surface area contributed by atoms with E-state index in [4.69, 9.17) is 0 Å². The van der Waals surface area contributed by atoms with Gasteiger partial charge in [0.05, 0.1) is 0 Å². The van der Waals surface area contributed by atoms with Crippen molar-refractivity contribution in [1.29, 1.82) is 0 Å². The SMILES string of the molecule is CNCc1ccccc1CN1CCCC1(C)C. The fourth-order valence-corrected chi connectivity index (χ4v) is 2.74. The van der Waals surface area contributed by atoms with Crippen molar-refractivity contribution in [3.05, 3.63) is 35.4 Å². The molecule has 0 aromatic heterocycles. The highest BCUT2D eigenvalue weighted by Crippen LogP contribution is 2.30. The lowest BCUT2D eigenvalue weighted by molar-refractivity contribution is 0.166. The van der Waals surface area contributed by atoms with Gasteiger partial charge in [-0.05, 0) is 51.4 Å². The largest absolute Gasteiger partial charge is 0.316 e. The average molecular weight is 232 g/mol. The van der Waals surface area contributed by atoms with Gasteiger partial charge in [-0.25, -0.2) is 0 Å². The number of benzene rings is 1. The van der Waals surface area contributed by atoms with Crippen molar-refractivity contribution in [2.75, 3.05) is 13.6 Å². The van der Waals surface area contributed by atoms with Gasteiger partial charge in [-0.15, -0.1) is 0 Å². The summed E-state index contributed by atoms with van der Waals surface area (Å²) in [5, 5.41) is 3.25. The molecule has 0 bridgehead atoms. The van der Waals surface area contributed by atoms with Crippen molar-refractivity contribution in [2.45, 2.75) is 45.3 Å². The number of nitrogens with one attached hydrogen (secondary N) is 1. The zero-order chi connectivity index (χ0) is 12.3. The van der Waals surface area contributed by atoms with Crippen LogP contribution in [0, 0.1) is 0 Å². The summed E-state index contributed by atoms with van der Waals surface area (Å²) in [6.07, 6.45) is 2.66. The molecule has 0 amide bonds. The van der Waals surface area contributed by atoms with Gasteiger partial charge in [0.2, 0.25) is 0 Å². The van der Waals surface area contributed by atoms with Crippen LogP contribution in [0.15, 0.2) is 24.3 Å². The van der Waals surface area contributed by atoms with Gasteiger partial charge in [0.15, 0.2) is 0 Å². The van der Waals surface area contributed by atoms with Gasteiger partial charge in [0, 0.05) is 18.6 Å². The Bertz CT molecular complexity index is 371. The quantitative estimate of drug-likeness (QED) is 0.858. The monoisotopic (exact) mass is 232 g/mol. The Morgan fingerprint density at radius 1 is 1.24 bits per heavy atom. The van der Waals surface area contributed by atoms with Crippen LogP contribution in [-0.4, -0.2) is 24.0 Å². The van der Waals surface area contributed by atoms with E-state index in [1.165, 1.54) is 30.5 Å². The molecule has 0 aliphatic carbocycles. The maximum absolute atomic E-state index is 3.25. The Hall–Kier alpha value is -0.860. The van der Waals surface area contributed by atoms with Crippen molar-refractivity contribution in [3.63, 3.8) is 0 Å². The van der Waals surface area contributed by atoms with Crippen molar-refractivity contribution >= 4 is 0 Å². The van der Waals surface area contributed by atoms with Gasteiger partial charge in [-0.1, -0.05) is 24.3 Å². The van der Waals surface area contributed by atoms with Crippen LogP contribution >= 0.6 is 0 Å². The van der Waals surface area contributed by atoms with Crippen molar-refractivity contribution in [2.24, 2.45) is 0 Å². The lowest BCUT2D eigenvalue weighted by Crippen LogP contribution is -2.37. The molecule has 1 aliphatic rings. The third-order valence-corrected chi connectivity index (χ3v) is 3.92. The van der Waals surface area contributed by atoms with Crippen LogP contribution in [-0.2, 0) is 13.1 Å². The Morgan fingerprint density at radius 2 is 1.94 bits per heavy atom. The van der Waals surface area contributed by atoms with Gasteiger partial charge in [0.1, 0.15) is 0 Å². The molecule has 1 aliphatic heterocycles. The standard InChI is InChI=1S/C15H24N2/c1-15(2)9-6-10-17(15)12-14-8-5-4-7-13(14)11-16-3/h4-5,7-8,16H,6,9-12H2,1-3H3. The Kier molecular flexibility index (Phi) is 3.85. The smallest absolute Gasteiger partial charge is 0.0242 e. The summed E-state index contributed by atoms with van der Waals surface area (Å²) in [7, 11) is 2.01. The van der Waals surface area contributed by atoms with Crippen LogP contribution in [0.1, 0.15) is 37.8 Å². The van der Waals surface area contributed by atoms with E-state index in [1.807, 2.05) is 7.05 Å². The second kappa shape index (κ2) is 5.19. The van der Waals surface area contributed by atoms with E-state index in [1.54, 1.807) is 0 Å². The molecule has 0 radical (unpaired) electrons. The van der Waals surface area contributed by atoms with E-state index in [9.17, 15) is 0 Å². The fraction of sp³-hybridized carbons (Fsp3) is 0.600. The molecule has 0 saturated carbocycles. The van der Waals surface area contributed by atoms with Gasteiger partial charge >= 0.3 is 0 Å². The number of rotatable bonds is 4. The predicted octanol–water partition coefficient (Wildman–Crippen LogP) is 2.78. The number of hydrogen-bond donors (Lipinski definition) is 1. The first-order valence-corrected chi connectivity index (χ1v) is 6.60. The molecule has 1 fully saturated rings. The second-order valence-electron chi connectivity index (χ2n) is 5.64. The third-order valence-electron chi connectivity index (χ3n) is 3.92. The van der Waals surface area contributed by atoms with Gasteiger partial charge < -0.3 is 5.32 Å². The third kappa shape index (κ3) is 2.88. The van der Waals surface area contributed by atoms with Crippen LogP contribution < -0.4 is 5.32 Å². The molecule has 0 spiro atoms. The van der Waals surface area contributed by atoms with Gasteiger partial charge in [-0.2, -0.15) is 0 Å². The summed E-state index contributed by atoms with van der Waals surface area (Å²) in [4.78, 5) is 2.61. The summed E-state index contributed by atoms with van der Waals surface area (Å²) in [5.41, 5.74) is 3.27. The Morgan fingerprint density at radius 3 is 2.53 bits per heavy atom. The number of likely N-dealkylation sites (tertiary alicyclic amines) is 1. The molecule has 94 valence electrons. The van der Waals surface area contributed by atoms with E-state index in [2.05, 4.69) is 48.3 Å². The maximum atomic E-state index is 3.25. The van der Waals surface area contributed by atoms with E-state index in [0.717, 1.165) is 13.1 Å². The molecular formula is C15H24N2. The average Bonchev–Trinajstić information content (AvgIpc) is 2.61. The molecule has 17 heavy (non-hydrogen) atoms. The lowest BCUT2D eigenvalue weighted by atomic mass is 10.0. The summed E-state index contributed by atoms with van der Waals surface area (Å²) >= 11 is 0. The minimum atomic E-state index is 0.368. The van der Waals surface area contributed by atoms with E-state index < -0.39 is 0 Å². The molecule has 1 heterocycles. The lowest BCUT2D eigenvalue weighted by Gasteiger charge is -2.32. The normalized spacial score (nSPS) is 19.7. The Labute approximate surface area is 105 Å². The van der Waals surface area contributed by atoms with Crippen molar-refractivity contribution in [3.8, 4) is 0 Å². The second-order valence-corrected chi connectivity index (χ2v) is 5.64. The predicted molar refractivity (Wildman–Crippen MR) is 72.9 cm³/mol. The highest BCUT2D eigenvalue weighted by molar-refractivity contribution is 5.27. The zero-order valence-corrected chi connectivity index (χ0v) is 11.3. The van der Waals surface area contributed by atoms with E-state index in [0.29, 0.717) is 5.54 Å². The molecular weight excluding hydrogens is 208 g/mol. The summed E-state index contributed by atoms with van der Waals surface area (Å²) < 4.78 is 0. The number of nitrogens with zero attached hydrogens (tertiary/aromatic N) is 1. The molecule has 1 saturated heterocycles. The molecule has 2 nitrogen and oxygen atoms in total. The van der Waals surface area contributed by atoms with Gasteiger partial charge in [0.25, 0.3) is 0 Å². The highest BCUT2D eigenvalue weighted by Gasteiger charge is 2.31. The minimum Gasteiger partial charge on any atom is -0.316 e. The first-order valence-electron chi connectivity index (χ1n) is 6.60. The Balaban J connectivity index is 2.12. The van der Waals surface area contributed by atoms with Gasteiger partial charge in [-0.3, -0.25) is 4.90 Å². The fourth-order valence-electron chi connectivity index (χ4n) is 2.74. The van der Waals surface area contributed by atoms with E-state index >= 15 is 0 Å². The van der Waals surface area contributed by atoms with Crippen LogP contribution in [0.3, 0.4) is 0 Å². The summed E-state index contributed by atoms with van der Waals surface area (Å²) in [5.74, 6) is 0. The maximum Gasteiger partial charge on any atom is 0.0242 e. The first kappa shape index (κ1) is 12.6. The van der Waals surface area contributed by atoms with Crippen LogP contribution in [0.4, 0.5) is 0 Å². The topological polar surface area (TPSA) is 15.3 Å². The summed E-state index contributed by atoms with van der Waals surface area (Å²) in [6, 6.07) is 8.78. The summed E-state index contributed by atoms with van der Waals surface area (Å²) in [6.45, 7) is 8.01. The first-order chi connectivity index (χ1) is 8.13.